The van der Waals surface area contributed by atoms with E-state index in [1.54, 1.807) is 12.1 Å². The molecule has 0 saturated heterocycles. The van der Waals surface area contributed by atoms with Crippen LogP contribution in [0.1, 0.15) is 5.56 Å². The third kappa shape index (κ3) is 1.87. The molecule has 0 amide bonds. The monoisotopic (exact) mass is 253 g/mol. The van der Waals surface area contributed by atoms with Gasteiger partial charge in [-0.1, -0.05) is 0 Å². The van der Waals surface area contributed by atoms with Gasteiger partial charge in [-0.05, 0) is 36.8 Å². The van der Waals surface area contributed by atoms with Crippen LogP contribution in [0.4, 0.5) is 5.69 Å². The van der Waals surface area contributed by atoms with Crippen LogP contribution in [0.15, 0.2) is 45.6 Å². The zero-order valence-electron chi connectivity index (χ0n) is 11.2. The van der Waals surface area contributed by atoms with Crippen LogP contribution in [-0.2, 0) is 0 Å². The van der Waals surface area contributed by atoms with Crippen LogP contribution in [0.2, 0.25) is 0 Å². The highest BCUT2D eigenvalue weighted by molar-refractivity contribution is 5.89. The van der Waals surface area contributed by atoms with Crippen molar-refractivity contribution >= 4 is 16.7 Å². The average Bonchev–Trinajstić information content (AvgIpc) is 2.37. The van der Waals surface area contributed by atoms with E-state index in [9.17, 15) is 4.79 Å². The zero-order valence-corrected chi connectivity index (χ0v) is 11.2. The van der Waals surface area contributed by atoms with Gasteiger partial charge in [-0.2, -0.15) is 0 Å². The molecule has 0 radical (unpaired) electrons. The fourth-order valence-corrected chi connectivity index (χ4v) is 2.34. The number of aryl methyl sites for hydroxylation is 1. The van der Waals surface area contributed by atoms with Crippen molar-refractivity contribution in [2.24, 2.45) is 0 Å². The summed E-state index contributed by atoms with van der Waals surface area (Å²) >= 11 is 0. The van der Waals surface area contributed by atoms with E-state index in [1.807, 2.05) is 31.1 Å². The Morgan fingerprint density at radius 3 is 2.58 bits per heavy atom. The van der Waals surface area contributed by atoms with Gasteiger partial charge in [0.1, 0.15) is 11.3 Å². The fraction of sp³-hybridized carbons (Fsp3) is 0.188. The molecular formula is C16H15NO2. The van der Waals surface area contributed by atoms with Gasteiger partial charge in [-0.25, -0.2) is 0 Å². The highest BCUT2D eigenvalue weighted by Gasteiger charge is 2.12. The van der Waals surface area contributed by atoms with Crippen molar-refractivity contribution in [3.05, 3.63) is 52.2 Å². The third-order valence-electron chi connectivity index (χ3n) is 3.46. The Morgan fingerprint density at radius 2 is 1.84 bits per heavy atom. The van der Waals surface area contributed by atoms with E-state index in [2.05, 4.69) is 19.1 Å². The van der Waals surface area contributed by atoms with Crippen LogP contribution in [0.5, 0.6) is 0 Å². The van der Waals surface area contributed by atoms with E-state index in [0.717, 1.165) is 27.8 Å². The first kappa shape index (κ1) is 11.8. The van der Waals surface area contributed by atoms with Crippen LogP contribution in [0.25, 0.3) is 22.3 Å². The first-order valence-corrected chi connectivity index (χ1v) is 6.21. The Bertz CT molecular complexity index is 787. The Hall–Kier alpha value is -2.29. The predicted octanol–water partition coefficient (Wildman–Crippen LogP) is 3.27. The summed E-state index contributed by atoms with van der Waals surface area (Å²) < 4.78 is 5.87. The molecule has 3 rings (SSSR count). The van der Waals surface area contributed by atoms with Crippen molar-refractivity contribution in [3.63, 3.8) is 0 Å². The molecule has 0 spiro atoms. The summed E-state index contributed by atoms with van der Waals surface area (Å²) in [5.41, 5.74) is 3.99. The quantitative estimate of drug-likeness (QED) is 0.624. The van der Waals surface area contributed by atoms with Crippen molar-refractivity contribution < 1.29 is 4.42 Å². The number of nitrogens with zero attached hydrogens (tertiary/aromatic N) is 1. The molecule has 0 bridgehead atoms. The summed E-state index contributed by atoms with van der Waals surface area (Å²) in [6.45, 7) is 2.06. The number of hydrogen-bond acceptors (Lipinski definition) is 3. The van der Waals surface area contributed by atoms with Crippen molar-refractivity contribution in [1.29, 1.82) is 0 Å². The second-order valence-electron chi connectivity index (χ2n) is 4.96. The lowest BCUT2D eigenvalue weighted by Gasteiger charge is -2.15. The van der Waals surface area contributed by atoms with Gasteiger partial charge in [0.2, 0.25) is 0 Å². The molecule has 3 heteroatoms. The van der Waals surface area contributed by atoms with Crippen molar-refractivity contribution in [2.75, 3.05) is 19.0 Å². The zero-order chi connectivity index (χ0) is 13.6. The molecule has 0 atom stereocenters. The van der Waals surface area contributed by atoms with Crippen LogP contribution in [-0.4, -0.2) is 14.1 Å². The number of hydrogen-bond donors (Lipinski definition) is 0. The van der Waals surface area contributed by atoms with Crippen LogP contribution >= 0.6 is 0 Å². The second kappa shape index (κ2) is 4.12. The smallest absolute Gasteiger partial charge is 0.182 e. The lowest BCUT2D eigenvalue weighted by Crippen LogP contribution is -2.08. The summed E-state index contributed by atoms with van der Waals surface area (Å²) in [7, 11) is 3.98. The van der Waals surface area contributed by atoms with Gasteiger partial charge in [-0.3, -0.25) is 4.79 Å². The van der Waals surface area contributed by atoms with E-state index in [-0.39, 0.29) is 5.43 Å². The van der Waals surface area contributed by atoms with Crippen LogP contribution in [0.3, 0.4) is 0 Å². The van der Waals surface area contributed by atoms with Crippen molar-refractivity contribution in [3.8, 4) is 11.3 Å². The molecule has 0 aromatic heterocycles. The summed E-state index contributed by atoms with van der Waals surface area (Å²) in [4.78, 5) is 13.5. The molecule has 0 N–H and O–H groups in total. The summed E-state index contributed by atoms with van der Waals surface area (Å²) in [5, 5.41) is 1.08. The van der Waals surface area contributed by atoms with E-state index in [4.69, 9.17) is 4.42 Å². The van der Waals surface area contributed by atoms with Crippen LogP contribution in [0, 0.1) is 6.92 Å². The van der Waals surface area contributed by atoms with Gasteiger partial charge in [0.05, 0.1) is 0 Å². The predicted molar refractivity (Wildman–Crippen MR) is 78.2 cm³/mol. The molecule has 1 aromatic carbocycles. The Labute approximate surface area is 111 Å². The normalized spacial score (nSPS) is 11.1. The molecule has 0 fully saturated rings. The van der Waals surface area contributed by atoms with Gasteiger partial charge >= 0.3 is 0 Å². The standard InChI is InChI=1S/C16H15NO2/c1-10-13-6-4-11(17(2)3)8-15(13)19-16-9-12(18)5-7-14(10)16/h4-9H,1-3H3. The number of fused-ring (bicyclic) bond motifs is 2. The van der Waals surface area contributed by atoms with Crippen molar-refractivity contribution in [2.45, 2.75) is 6.92 Å². The molecule has 3 nitrogen and oxygen atoms in total. The molecule has 0 saturated carbocycles. The first-order valence-electron chi connectivity index (χ1n) is 6.21. The molecule has 1 aromatic rings. The Balaban J connectivity index is 2.41. The first-order chi connectivity index (χ1) is 9.06. The lowest BCUT2D eigenvalue weighted by molar-refractivity contribution is 0.617. The topological polar surface area (TPSA) is 33.5 Å². The van der Waals surface area contributed by atoms with Gasteiger partial charge in [-0.15, -0.1) is 0 Å². The molecule has 2 aliphatic rings. The molecular weight excluding hydrogens is 238 g/mol. The van der Waals surface area contributed by atoms with E-state index < -0.39 is 0 Å². The van der Waals surface area contributed by atoms with Gasteiger partial charge in [0, 0.05) is 42.9 Å². The molecule has 1 aliphatic heterocycles. The largest absolute Gasteiger partial charge is 0.456 e. The molecule has 1 heterocycles. The van der Waals surface area contributed by atoms with Gasteiger partial charge in [0.25, 0.3) is 0 Å². The highest BCUT2D eigenvalue weighted by Crippen LogP contribution is 2.33. The van der Waals surface area contributed by atoms with E-state index in [1.165, 1.54) is 0 Å². The maximum Gasteiger partial charge on any atom is 0.182 e. The fourth-order valence-electron chi connectivity index (χ4n) is 2.34. The van der Waals surface area contributed by atoms with Crippen molar-refractivity contribution in [1.82, 2.24) is 0 Å². The minimum atomic E-state index is -0.0289. The Morgan fingerprint density at radius 1 is 1.05 bits per heavy atom. The summed E-state index contributed by atoms with van der Waals surface area (Å²) in [5.74, 6) is 0.647. The number of benzene rings is 2. The second-order valence-corrected chi connectivity index (χ2v) is 4.96. The molecule has 0 unspecified atom stereocenters. The lowest BCUT2D eigenvalue weighted by atomic mass is 10.0. The minimum Gasteiger partial charge on any atom is -0.456 e. The molecule has 19 heavy (non-hydrogen) atoms. The third-order valence-corrected chi connectivity index (χ3v) is 3.46. The average molecular weight is 253 g/mol. The Kier molecular flexibility index (Phi) is 2.56. The van der Waals surface area contributed by atoms with E-state index in [0.29, 0.717) is 5.76 Å². The van der Waals surface area contributed by atoms with Gasteiger partial charge in [0.15, 0.2) is 5.43 Å². The highest BCUT2D eigenvalue weighted by atomic mass is 16.3. The van der Waals surface area contributed by atoms with E-state index >= 15 is 0 Å². The number of rotatable bonds is 1. The minimum absolute atomic E-state index is 0.0289. The maximum absolute atomic E-state index is 11.4. The maximum atomic E-state index is 11.4. The van der Waals surface area contributed by atoms with Gasteiger partial charge < -0.3 is 9.32 Å². The molecule has 96 valence electrons. The molecule has 1 aliphatic carbocycles. The SMILES string of the molecule is Cc1c2ccc(=O)cc-2oc2cc(N(C)C)ccc12. The van der Waals surface area contributed by atoms with Crippen LogP contribution < -0.4 is 10.3 Å². The summed E-state index contributed by atoms with van der Waals surface area (Å²) in [6, 6.07) is 11.1. The summed E-state index contributed by atoms with van der Waals surface area (Å²) in [6.07, 6.45) is 0. The number of anilines is 1.